The number of halogens is 2. The number of carbonyl (C=O) groups is 1. The summed E-state index contributed by atoms with van der Waals surface area (Å²) in [6.45, 7) is -0.574. The molecule has 0 aromatic heterocycles. The van der Waals surface area contributed by atoms with Crippen LogP contribution in [0.1, 0.15) is 0 Å². The maximum absolute atomic E-state index is 13.7. The Labute approximate surface area is 123 Å². The summed E-state index contributed by atoms with van der Waals surface area (Å²) < 4.78 is 39.9. The monoisotopic (exact) mass is 366 g/mol. The fourth-order valence-corrected chi connectivity index (χ4v) is 3.71. The number of carboxylic acid groups (broad SMARTS) is 1. The van der Waals surface area contributed by atoms with Crippen LogP contribution in [0.2, 0.25) is 0 Å². The topological polar surface area (TPSA) is 86.7 Å². The van der Waals surface area contributed by atoms with E-state index in [9.17, 15) is 17.6 Å². The smallest absolute Gasteiger partial charge is 0.405 e. The molecule has 2 rings (SSSR count). The molecule has 1 saturated heterocycles. The van der Waals surface area contributed by atoms with Crippen LogP contribution in [0.5, 0.6) is 0 Å². The van der Waals surface area contributed by atoms with Crippen molar-refractivity contribution in [1.82, 2.24) is 9.62 Å². The highest BCUT2D eigenvalue weighted by molar-refractivity contribution is 9.10. The molecule has 2 N–H and O–H groups in total. The number of sulfonamides is 1. The molecule has 0 saturated carbocycles. The van der Waals surface area contributed by atoms with E-state index in [1.165, 1.54) is 12.1 Å². The molecule has 1 aliphatic heterocycles. The zero-order valence-corrected chi connectivity index (χ0v) is 12.6. The first-order chi connectivity index (χ1) is 9.30. The van der Waals surface area contributed by atoms with Gasteiger partial charge in [0.05, 0.1) is 10.9 Å². The molecule has 2 atom stereocenters. The van der Waals surface area contributed by atoms with E-state index in [0.29, 0.717) is 0 Å². The molecule has 0 bridgehead atoms. The highest BCUT2D eigenvalue weighted by atomic mass is 79.9. The largest absolute Gasteiger partial charge is 0.465 e. The van der Waals surface area contributed by atoms with Crippen LogP contribution in [-0.4, -0.2) is 49.2 Å². The molecule has 0 aliphatic carbocycles. The third-order valence-electron chi connectivity index (χ3n) is 2.98. The molecule has 6 nitrogen and oxygen atoms in total. The first-order valence-electron chi connectivity index (χ1n) is 5.70. The fourth-order valence-electron chi connectivity index (χ4n) is 1.98. The van der Waals surface area contributed by atoms with Gasteiger partial charge in [0, 0.05) is 17.6 Å². The van der Waals surface area contributed by atoms with Crippen LogP contribution in [-0.2, 0) is 10.0 Å². The quantitative estimate of drug-likeness (QED) is 0.846. The van der Waals surface area contributed by atoms with Gasteiger partial charge >= 0.3 is 6.09 Å². The van der Waals surface area contributed by atoms with Gasteiger partial charge in [0.15, 0.2) is 0 Å². The molecule has 1 aromatic rings. The number of nitrogens with one attached hydrogen (secondary N) is 1. The van der Waals surface area contributed by atoms with Gasteiger partial charge in [0.1, 0.15) is 6.17 Å². The highest BCUT2D eigenvalue weighted by Gasteiger charge is 2.40. The van der Waals surface area contributed by atoms with Crippen LogP contribution in [0.4, 0.5) is 9.18 Å². The molecule has 9 heteroatoms. The standard InChI is InChI=1S/C11H12BrFN2O4S/c12-7-1-3-8(4-2-7)20(18,19)15-5-9(13)10(6-15)14-11(16)17/h1-4,9-10,14H,5-6H2,(H,16,17)/t9-,10+/m1/s1. The summed E-state index contributed by atoms with van der Waals surface area (Å²) >= 11 is 3.20. The van der Waals surface area contributed by atoms with Crippen molar-refractivity contribution in [3.63, 3.8) is 0 Å². The minimum Gasteiger partial charge on any atom is -0.465 e. The summed E-state index contributed by atoms with van der Waals surface area (Å²) in [7, 11) is -3.82. The predicted octanol–water partition coefficient (Wildman–Crippen LogP) is 1.43. The second-order valence-corrected chi connectivity index (χ2v) is 7.20. The van der Waals surface area contributed by atoms with E-state index in [1.54, 1.807) is 12.1 Å². The second-order valence-electron chi connectivity index (χ2n) is 4.35. The number of benzene rings is 1. The van der Waals surface area contributed by atoms with Crippen molar-refractivity contribution < 1.29 is 22.7 Å². The summed E-state index contributed by atoms with van der Waals surface area (Å²) in [5.41, 5.74) is 0. The van der Waals surface area contributed by atoms with Crippen molar-refractivity contribution in [3.8, 4) is 0 Å². The fraction of sp³-hybridized carbons (Fsp3) is 0.364. The van der Waals surface area contributed by atoms with E-state index in [-0.39, 0.29) is 18.0 Å². The van der Waals surface area contributed by atoms with Gasteiger partial charge in [-0.3, -0.25) is 0 Å². The summed E-state index contributed by atoms with van der Waals surface area (Å²) in [5, 5.41) is 10.6. The zero-order valence-electron chi connectivity index (χ0n) is 10.2. The van der Waals surface area contributed by atoms with E-state index in [4.69, 9.17) is 5.11 Å². The number of nitrogens with zero attached hydrogens (tertiary/aromatic N) is 1. The zero-order chi connectivity index (χ0) is 14.9. The number of amides is 1. The Morgan fingerprint density at radius 3 is 2.50 bits per heavy atom. The van der Waals surface area contributed by atoms with Gasteiger partial charge in [-0.1, -0.05) is 15.9 Å². The highest BCUT2D eigenvalue weighted by Crippen LogP contribution is 2.24. The SMILES string of the molecule is O=C(O)N[C@H]1CN(S(=O)(=O)c2ccc(Br)cc2)C[C@H]1F. The summed E-state index contributed by atoms with van der Waals surface area (Å²) in [6.07, 6.45) is -2.93. The van der Waals surface area contributed by atoms with Crippen LogP contribution in [0, 0.1) is 0 Å². The van der Waals surface area contributed by atoms with Gasteiger partial charge in [0.2, 0.25) is 10.0 Å². The minimum absolute atomic E-state index is 0.0453. The van der Waals surface area contributed by atoms with Gasteiger partial charge in [0.25, 0.3) is 0 Å². The van der Waals surface area contributed by atoms with Crippen molar-refractivity contribution in [3.05, 3.63) is 28.7 Å². The Kier molecular flexibility index (Phi) is 4.31. The Hall–Kier alpha value is -1.19. The van der Waals surface area contributed by atoms with Crippen molar-refractivity contribution in [2.45, 2.75) is 17.1 Å². The molecule has 1 aliphatic rings. The third-order valence-corrected chi connectivity index (χ3v) is 5.35. The predicted molar refractivity (Wildman–Crippen MR) is 72.7 cm³/mol. The number of hydrogen-bond acceptors (Lipinski definition) is 3. The van der Waals surface area contributed by atoms with Crippen molar-refractivity contribution in [2.24, 2.45) is 0 Å². The molecule has 0 radical (unpaired) electrons. The number of hydrogen-bond donors (Lipinski definition) is 2. The number of rotatable bonds is 3. The first-order valence-corrected chi connectivity index (χ1v) is 7.93. The molecule has 1 amide bonds. The van der Waals surface area contributed by atoms with E-state index in [1.807, 2.05) is 5.32 Å². The molecule has 110 valence electrons. The molecule has 0 unspecified atom stereocenters. The van der Waals surface area contributed by atoms with Crippen LogP contribution in [0.25, 0.3) is 0 Å². The Morgan fingerprint density at radius 1 is 1.35 bits per heavy atom. The van der Waals surface area contributed by atoms with E-state index in [2.05, 4.69) is 15.9 Å². The maximum Gasteiger partial charge on any atom is 0.405 e. The van der Waals surface area contributed by atoms with Gasteiger partial charge < -0.3 is 10.4 Å². The summed E-state index contributed by atoms with van der Waals surface area (Å²) in [6, 6.07) is 4.92. The average molecular weight is 367 g/mol. The summed E-state index contributed by atoms with van der Waals surface area (Å²) in [5.74, 6) is 0. The van der Waals surface area contributed by atoms with E-state index < -0.39 is 28.3 Å². The van der Waals surface area contributed by atoms with Crippen LogP contribution >= 0.6 is 15.9 Å². The van der Waals surface area contributed by atoms with Gasteiger partial charge in [-0.05, 0) is 24.3 Å². The van der Waals surface area contributed by atoms with Crippen molar-refractivity contribution >= 4 is 32.0 Å². The Balaban J connectivity index is 2.19. The van der Waals surface area contributed by atoms with E-state index in [0.717, 1.165) is 8.78 Å². The molecule has 20 heavy (non-hydrogen) atoms. The first kappa shape index (κ1) is 15.2. The van der Waals surface area contributed by atoms with Gasteiger partial charge in [-0.15, -0.1) is 0 Å². The van der Waals surface area contributed by atoms with Gasteiger partial charge in [-0.25, -0.2) is 17.6 Å². The van der Waals surface area contributed by atoms with Gasteiger partial charge in [-0.2, -0.15) is 4.31 Å². The molecule has 1 heterocycles. The lowest BCUT2D eigenvalue weighted by molar-refractivity contribution is 0.183. The summed E-state index contributed by atoms with van der Waals surface area (Å²) in [4.78, 5) is 10.6. The second kappa shape index (κ2) is 5.66. The third kappa shape index (κ3) is 3.10. The lowest BCUT2D eigenvalue weighted by Crippen LogP contribution is -2.40. The molecule has 0 spiro atoms. The van der Waals surface area contributed by atoms with Crippen molar-refractivity contribution in [1.29, 1.82) is 0 Å². The molecular weight excluding hydrogens is 355 g/mol. The normalized spacial score (nSPS) is 23.7. The molecular formula is C11H12BrFN2O4S. The maximum atomic E-state index is 13.7. The van der Waals surface area contributed by atoms with E-state index >= 15 is 0 Å². The lowest BCUT2D eigenvalue weighted by Gasteiger charge is -2.16. The average Bonchev–Trinajstić information content (AvgIpc) is 2.71. The van der Waals surface area contributed by atoms with Crippen LogP contribution < -0.4 is 5.32 Å². The minimum atomic E-state index is -3.82. The Bertz CT molecular complexity index is 607. The molecule has 1 aromatic carbocycles. The molecule has 1 fully saturated rings. The Morgan fingerprint density at radius 2 is 1.95 bits per heavy atom. The number of alkyl halides is 1. The van der Waals surface area contributed by atoms with Crippen molar-refractivity contribution in [2.75, 3.05) is 13.1 Å². The van der Waals surface area contributed by atoms with Crippen LogP contribution in [0.15, 0.2) is 33.6 Å². The lowest BCUT2D eigenvalue weighted by atomic mass is 10.2. The van der Waals surface area contributed by atoms with Crippen LogP contribution in [0.3, 0.4) is 0 Å².